The first-order valence-corrected chi connectivity index (χ1v) is 9.28. The zero-order chi connectivity index (χ0) is 18.8. The van der Waals surface area contributed by atoms with Gasteiger partial charge < -0.3 is 10.6 Å². The van der Waals surface area contributed by atoms with E-state index in [0.29, 0.717) is 12.2 Å². The molecule has 6 nitrogen and oxygen atoms in total. The lowest BCUT2D eigenvalue weighted by atomic mass is 10.1. The normalized spacial score (nSPS) is 16.7. The van der Waals surface area contributed by atoms with Gasteiger partial charge in [-0.05, 0) is 43.0 Å². The van der Waals surface area contributed by atoms with Crippen molar-refractivity contribution in [3.63, 3.8) is 0 Å². The molecule has 1 fully saturated rings. The monoisotopic (exact) mass is 361 g/mol. The second kappa shape index (κ2) is 7.32. The highest BCUT2D eigenvalue weighted by molar-refractivity contribution is 5.93. The van der Waals surface area contributed by atoms with Crippen LogP contribution in [0.4, 0.5) is 0 Å². The van der Waals surface area contributed by atoms with E-state index in [9.17, 15) is 4.79 Å². The van der Waals surface area contributed by atoms with E-state index < -0.39 is 0 Å². The maximum atomic E-state index is 12.9. The number of likely N-dealkylation sites (tertiary alicyclic amines) is 1. The summed E-state index contributed by atoms with van der Waals surface area (Å²) < 4.78 is 1.72. The van der Waals surface area contributed by atoms with Crippen molar-refractivity contribution in [3.8, 4) is 16.8 Å². The van der Waals surface area contributed by atoms with Crippen LogP contribution in [0.3, 0.4) is 0 Å². The van der Waals surface area contributed by atoms with Gasteiger partial charge in [-0.15, -0.1) is 5.10 Å². The van der Waals surface area contributed by atoms with E-state index in [1.165, 1.54) is 0 Å². The molecule has 1 saturated heterocycles. The summed E-state index contributed by atoms with van der Waals surface area (Å²) in [5.41, 5.74) is 10.1. The molecule has 1 amide bonds. The van der Waals surface area contributed by atoms with Crippen LogP contribution >= 0.6 is 0 Å². The lowest BCUT2D eigenvalue weighted by Gasteiger charge is -2.22. The Morgan fingerprint density at radius 1 is 1.11 bits per heavy atom. The molecule has 6 heteroatoms. The standard InChI is InChI=1S/C21H23N5O/c1-15-20(21(27)25-13-5-8-19(25)14-22)23-24-26(15)18-11-9-17(10-12-18)16-6-3-2-4-7-16/h2-4,6-7,9-12,19H,5,8,13-14,22H2,1H3. The predicted octanol–water partition coefficient (Wildman–Crippen LogP) is 2.81. The molecule has 2 heterocycles. The maximum absolute atomic E-state index is 12.9. The minimum Gasteiger partial charge on any atom is -0.333 e. The van der Waals surface area contributed by atoms with Gasteiger partial charge in [-0.1, -0.05) is 47.7 Å². The zero-order valence-corrected chi connectivity index (χ0v) is 15.4. The molecule has 3 aromatic rings. The van der Waals surface area contributed by atoms with Crippen LogP contribution in [0.2, 0.25) is 0 Å². The number of amides is 1. The van der Waals surface area contributed by atoms with Crippen molar-refractivity contribution in [2.24, 2.45) is 5.73 Å². The van der Waals surface area contributed by atoms with Crippen molar-refractivity contribution in [3.05, 3.63) is 66.0 Å². The number of carbonyl (C=O) groups is 1. The Hall–Kier alpha value is -2.99. The molecule has 0 spiro atoms. The highest BCUT2D eigenvalue weighted by Gasteiger charge is 2.31. The second-order valence-corrected chi connectivity index (χ2v) is 6.88. The summed E-state index contributed by atoms with van der Waals surface area (Å²) in [6.07, 6.45) is 1.94. The Kier molecular flexibility index (Phi) is 4.73. The third-order valence-corrected chi connectivity index (χ3v) is 5.23. The topological polar surface area (TPSA) is 77.0 Å². The smallest absolute Gasteiger partial charge is 0.276 e. The molecule has 4 rings (SSSR count). The van der Waals surface area contributed by atoms with E-state index in [-0.39, 0.29) is 11.9 Å². The van der Waals surface area contributed by atoms with Crippen molar-refractivity contribution >= 4 is 5.91 Å². The molecule has 138 valence electrons. The molecule has 0 saturated carbocycles. The molecule has 1 unspecified atom stereocenters. The molecule has 27 heavy (non-hydrogen) atoms. The summed E-state index contributed by atoms with van der Waals surface area (Å²) in [4.78, 5) is 14.7. The number of benzene rings is 2. The van der Waals surface area contributed by atoms with Gasteiger partial charge in [-0.3, -0.25) is 4.79 Å². The van der Waals surface area contributed by atoms with Crippen LogP contribution in [0.15, 0.2) is 54.6 Å². The summed E-state index contributed by atoms with van der Waals surface area (Å²) >= 11 is 0. The number of hydrogen-bond donors (Lipinski definition) is 1. The fraction of sp³-hybridized carbons (Fsp3) is 0.286. The Labute approximate surface area is 158 Å². The van der Waals surface area contributed by atoms with Gasteiger partial charge in [0, 0.05) is 19.1 Å². The summed E-state index contributed by atoms with van der Waals surface area (Å²) in [5.74, 6) is -0.0763. The Morgan fingerprint density at radius 2 is 1.81 bits per heavy atom. The molecule has 2 aromatic carbocycles. The van der Waals surface area contributed by atoms with Crippen molar-refractivity contribution in [1.82, 2.24) is 19.9 Å². The predicted molar refractivity (Wildman–Crippen MR) is 105 cm³/mol. The van der Waals surface area contributed by atoms with Gasteiger partial charge >= 0.3 is 0 Å². The molecule has 0 bridgehead atoms. The van der Waals surface area contributed by atoms with Gasteiger partial charge in [-0.25, -0.2) is 4.68 Å². The van der Waals surface area contributed by atoms with E-state index in [0.717, 1.165) is 41.9 Å². The highest BCUT2D eigenvalue weighted by Crippen LogP contribution is 2.23. The zero-order valence-electron chi connectivity index (χ0n) is 15.4. The number of rotatable bonds is 4. The largest absolute Gasteiger partial charge is 0.333 e. The summed E-state index contributed by atoms with van der Waals surface area (Å²) in [6.45, 7) is 3.10. The SMILES string of the molecule is Cc1c(C(=O)N2CCCC2CN)nnn1-c1ccc(-c2ccccc2)cc1. The molecule has 2 N–H and O–H groups in total. The number of nitrogens with two attached hydrogens (primary N) is 1. The molecular formula is C21H23N5O. The first-order chi connectivity index (χ1) is 13.2. The second-order valence-electron chi connectivity index (χ2n) is 6.88. The van der Waals surface area contributed by atoms with Crippen molar-refractivity contribution in [2.75, 3.05) is 13.1 Å². The van der Waals surface area contributed by atoms with Crippen LogP contribution in [-0.2, 0) is 0 Å². The lowest BCUT2D eigenvalue weighted by Crippen LogP contribution is -2.40. The van der Waals surface area contributed by atoms with Crippen LogP contribution in [0.5, 0.6) is 0 Å². The van der Waals surface area contributed by atoms with Gasteiger partial charge in [0.1, 0.15) is 0 Å². The molecule has 1 aromatic heterocycles. The van der Waals surface area contributed by atoms with Crippen LogP contribution in [-0.4, -0.2) is 44.9 Å². The van der Waals surface area contributed by atoms with Crippen LogP contribution in [0.25, 0.3) is 16.8 Å². The number of nitrogens with zero attached hydrogens (tertiary/aromatic N) is 4. The Balaban J connectivity index is 1.60. The third kappa shape index (κ3) is 3.24. The molecule has 0 aliphatic carbocycles. The van der Waals surface area contributed by atoms with Crippen molar-refractivity contribution in [1.29, 1.82) is 0 Å². The van der Waals surface area contributed by atoms with E-state index in [4.69, 9.17) is 5.73 Å². The van der Waals surface area contributed by atoms with Crippen molar-refractivity contribution in [2.45, 2.75) is 25.8 Å². The Morgan fingerprint density at radius 3 is 2.52 bits per heavy atom. The lowest BCUT2D eigenvalue weighted by molar-refractivity contribution is 0.0734. The van der Waals surface area contributed by atoms with Crippen LogP contribution < -0.4 is 5.73 Å². The van der Waals surface area contributed by atoms with E-state index in [1.807, 2.05) is 42.2 Å². The quantitative estimate of drug-likeness (QED) is 0.775. The average molecular weight is 361 g/mol. The molecular weight excluding hydrogens is 338 g/mol. The third-order valence-electron chi connectivity index (χ3n) is 5.23. The van der Waals surface area contributed by atoms with Crippen molar-refractivity contribution < 1.29 is 4.79 Å². The van der Waals surface area contributed by atoms with E-state index >= 15 is 0 Å². The molecule has 1 aliphatic rings. The van der Waals surface area contributed by atoms with Gasteiger partial charge in [0.15, 0.2) is 5.69 Å². The molecule has 0 radical (unpaired) electrons. The molecule has 1 atom stereocenters. The van der Waals surface area contributed by atoms with Crippen LogP contribution in [0, 0.1) is 6.92 Å². The summed E-state index contributed by atoms with van der Waals surface area (Å²) in [5, 5.41) is 8.39. The Bertz CT molecular complexity index is 933. The summed E-state index contributed by atoms with van der Waals surface area (Å²) in [6, 6.07) is 18.4. The average Bonchev–Trinajstić information content (AvgIpc) is 3.35. The minimum absolute atomic E-state index is 0.0763. The maximum Gasteiger partial charge on any atom is 0.276 e. The van der Waals surface area contributed by atoms with Gasteiger partial charge in [-0.2, -0.15) is 0 Å². The van der Waals surface area contributed by atoms with E-state index in [1.54, 1.807) is 4.68 Å². The molecule has 1 aliphatic heterocycles. The first-order valence-electron chi connectivity index (χ1n) is 9.28. The first kappa shape index (κ1) is 17.4. The van der Waals surface area contributed by atoms with Gasteiger partial charge in [0.25, 0.3) is 5.91 Å². The summed E-state index contributed by atoms with van der Waals surface area (Å²) in [7, 11) is 0. The number of carbonyl (C=O) groups excluding carboxylic acids is 1. The number of hydrogen-bond acceptors (Lipinski definition) is 4. The van der Waals surface area contributed by atoms with Crippen LogP contribution in [0.1, 0.15) is 29.0 Å². The fourth-order valence-electron chi connectivity index (χ4n) is 3.68. The van der Waals surface area contributed by atoms with Gasteiger partial charge in [0.05, 0.1) is 11.4 Å². The highest BCUT2D eigenvalue weighted by atomic mass is 16.2. The minimum atomic E-state index is -0.0763. The van der Waals surface area contributed by atoms with E-state index in [2.05, 4.69) is 34.6 Å². The fourth-order valence-corrected chi connectivity index (χ4v) is 3.68. The van der Waals surface area contributed by atoms with Gasteiger partial charge in [0.2, 0.25) is 0 Å². The number of aromatic nitrogens is 3.